The second-order valence-corrected chi connectivity index (χ2v) is 3.84. The van der Waals surface area contributed by atoms with E-state index >= 15 is 0 Å². The van der Waals surface area contributed by atoms with Crippen LogP contribution in [-0.4, -0.2) is 31.1 Å². The minimum absolute atomic E-state index is 0.110. The number of hydrogen-bond acceptors (Lipinski definition) is 6. The normalized spacial score (nSPS) is 15.2. The Morgan fingerprint density at radius 2 is 1.88 bits per heavy atom. The lowest BCUT2D eigenvalue weighted by molar-refractivity contribution is 0.0524. The van der Waals surface area contributed by atoms with Crippen LogP contribution in [0.5, 0.6) is 0 Å². The summed E-state index contributed by atoms with van der Waals surface area (Å²) in [5, 5.41) is 0. The van der Waals surface area contributed by atoms with Crippen LogP contribution in [0.1, 0.15) is 52.1 Å². The van der Waals surface area contributed by atoms with E-state index < -0.39 is 11.9 Å². The summed E-state index contributed by atoms with van der Waals surface area (Å²) in [5.74, 6) is -0.988. The Morgan fingerprint density at radius 3 is 2.35 bits per heavy atom. The lowest BCUT2D eigenvalue weighted by atomic mass is 9.85. The maximum Gasteiger partial charge on any atom is 0.376 e. The van der Waals surface area contributed by atoms with Gasteiger partial charge in [-0.1, -0.05) is 6.42 Å². The Balaban J connectivity index is 2.36. The highest BCUT2D eigenvalue weighted by Gasteiger charge is 2.32. The predicted molar refractivity (Wildman–Crippen MR) is 55.8 cm³/mol. The number of rotatable bonds is 3. The van der Waals surface area contributed by atoms with Gasteiger partial charge in [0.05, 0.1) is 14.2 Å². The summed E-state index contributed by atoms with van der Waals surface area (Å²) in [6, 6.07) is 0. The Kier molecular flexibility index (Phi) is 3.12. The second kappa shape index (κ2) is 4.57. The van der Waals surface area contributed by atoms with Gasteiger partial charge in [-0.25, -0.2) is 14.6 Å². The number of carbonyl (C=O) groups is 2. The largest absolute Gasteiger partial charge is 0.464 e. The lowest BCUT2D eigenvalue weighted by Gasteiger charge is -2.21. The van der Waals surface area contributed by atoms with Gasteiger partial charge in [0.15, 0.2) is 5.89 Å². The number of ether oxygens (including phenoxy) is 2. The van der Waals surface area contributed by atoms with Crippen LogP contribution in [0.15, 0.2) is 4.42 Å². The number of methoxy groups -OCH3 is 2. The molecule has 17 heavy (non-hydrogen) atoms. The molecule has 0 saturated heterocycles. The van der Waals surface area contributed by atoms with Crippen molar-refractivity contribution < 1.29 is 23.5 Å². The maximum atomic E-state index is 11.4. The van der Waals surface area contributed by atoms with Crippen molar-refractivity contribution in [1.82, 2.24) is 4.98 Å². The molecule has 0 aromatic carbocycles. The highest BCUT2D eigenvalue weighted by Crippen LogP contribution is 2.36. The van der Waals surface area contributed by atoms with Crippen LogP contribution in [0.25, 0.3) is 0 Å². The van der Waals surface area contributed by atoms with E-state index in [-0.39, 0.29) is 17.4 Å². The zero-order chi connectivity index (χ0) is 12.4. The first-order chi connectivity index (χ1) is 8.17. The molecule has 1 aliphatic carbocycles. The van der Waals surface area contributed by atoms with Crippen LogP contribution in [-0.2, 0) is 9.47 Å². The van der Waals surface area contributed by atoms with Gasteiger partial charge in [-0.3, -0.25) is 0 Å². The van der Waals surface area contributed by atoms with Crippen molar-refractivity contribution in [2.24, 2.45) is 0 Å². The topological polar surface area (TPSA) is 78.6 Å². The van der Waals surface area contributed by atoms with Gasteiger partial charge in [0.2, 0.25) is 11.5 Å². The third-order valence-corrected chi connectivity index (χ3v) is 2.85. The van der Waals surface area contributed by atoms with Crippen molar-refractivity contribution in [3.8, 4) is 0 Å². The maximum absolute atomic E-state index is 11.4. The smallest absolute Gasteiger partial charge is 0.376 e. The zero-order valence-corrected chi connectivity index (χ0v) is 9.69. The molecule has 6 nitrogen and oxygen atoms in total. The SMILES string of the molecule is COC(=O)c1nc(C2CCC2)oc1C(=O)OC. The Labute approximate surface area is 97.9 Å². The van der Waals surface area contributed by atoms with E-state index in [1.54, 1.807) is 0 Å². The second-order valence-electron chi connectivity index (χ2n) is 3.84. The van der Waals surface area contributed by atoms with Crippen molar-refractivity contribution in [3.05, 3.63) is 17.3 Å². The molecule has 6 heteroatoms. The van der Waals surface area contributed by atoms with E-state index in [9.17, 15) is 9.59 Å². The number of carbonyl (C=O) groups excluding carboxylic acids is 2. The van der Waals surface area contributed by atoms with Crippen molar-refractivity contribution >= 4 is 11.9 Å². The number of nitrogens with zero attached hydrogens (tertiary/aromatic N) is 1. The standard InChI is InChI=1S/C11H13NO5/c1-15-10(13)7-8(11(14)16-2)17-9(12-7)6-4-3-5-6/h6H,3-5H2,1-2H3. The van der Waals surface area contributed by atoms with Crippen molar-refractivity contribution in [1.29, 1.82) is 0 Å². The van der Waals surface area contributed by atoms with Gasteiger partial charge in [0.1, 0.15) is 0 Å². The van der Waals surface area contributed by atoms with Gasteiger partial charge in [-0.05, 0) is 12.8 Å². The molecule has 1 aromatic rings. The Morgan fingerprint density at radius 1 is 1.24 bits per heavy atom. The van der Waals surface area contributed by atoms with Crippen LogP contribution >= 0.6 is 0 Å². The quantitative estimate of drug-likeness (QED) is 0.744. The summed E-state index contributed by atoms with van der Waals surface area (Å²) in [4.78, 5) is 26.9. The first kappa shape index (κ1) is 11.6. The average molecular weight is 239 g/mol. The van der Waals surface area contributed by atoms with Crippen LogP contribution in [0.2, 0.25) is 0 Å². The van der Waals surface area contributed by atoms with Crippen molar-refractivity contribution in [2.75, 3.05) is 14.2 Å². The van der Waals surface area contributed by atoms with Gasteiger partial charge in [-0.15, -0.1) is 0 Å². The molecule has 0 spiro atoms. The molecular weight excluding hydrogens is 226 g/mol. The fraction of sp³-hybridized carbons (Fsp3) is 0.545. The van der Waals surface area contributed by atoms with Gasteiger partial charge in [0.25, 0.3) is 0 Å². The predicted octanol–water partition coefficient (Wildman–Crippen LogP) is 1.52. The molecule has 0 bridgehead atoms. The summed E-state index contributed by atoms with van der Waals surface area (Å²) in [7, 11) is 2.44. The Hall–Kier alpha value is -1.85. The first-order valence-electron chi connectivity index (χ1n) is 5.34. The lowest BCUT2D eigenvalue weighted by Crippen LogP contribution is -2.11. The van der Waals surface area contributed by atoms with E-state index in [0.717, 1.165) is 19.3 Å². The van der Waals surface area contributed by atoms with Crippen LogP contribution in [0.4, 0.5) is 0 Å². The number of hydrogen-bond donors (Lipinski definition) is 0. The zero-order valence-electron chi connectivity index (χ0n) is 9.69. The van der Waals surface area contributed by atoms with Crippen molar-refractivity contribution in [3.63, 3.8) is 0 Å². The van der Waals surface area contributed by atoms with Gasteiger partial charge in [-0.2, -0.15) is 0 Å². The number of oxazole rings is 1. The summed E-state index contributed by atoms with van der Waals surface area (Å²) < 4.78 is 14.4. The average Bonchev–Trinajstić information content (AvgIpc) is 2.69. The van der Waals surface area contributed by atoms with Crippen molar-refractivity contribution in [2.45, 2.75) is 25.2 Å². The number of aromatic nitrogens is 1. The van der Waals surface area contributed by atoms with E-state index in [0.29, 0.717) is 5.89 Å². The van der Waals surface area contributed by atoms with Gasteiger partial charge in [0, 0.05) is 5.92 Å². The molecule has 0 radical (unpaired) electrons. The summed E-state index contributed by atoms with van der Waals surface area (Å²) in [6.07, 6.45) is 3.03. The molecule has 92 valence electrons. The summed E-state index contributed by atoms with van der Waals surface area (Å²) in [6.45, 7) is 0. The molecule has 0 atom stereocenters. The van der Waals surface area contributed by atoms with Crippen LogP contribution in [0, 0.1) is 0 Å². The molecule has 1 aliphatic rings. The fourth-order valence-electron chi connectivity index (χ4n) is 1.63. The highest BCUT2D eigenvalue weighted by molar-refractivity contribution is 5.99. The van der Waals surface area contributed by atoms with E-state index in [2.05, 4.69) is 14.5 Å². The Bertz CT molecular complexity index is 413. The third kappa shape index (κ3) is 2.02. The number of esters is 2. The van der Waals surface area contributed by atoms with E-state index in [1.807, 2.05) is 0 Å². The molecule has 0 unspecified atom stereocenters. The van der Waals surface area contributed by atoms with Gasteiger partial charge >= 0.3 is 11.9 Å². The molecule has 1 saturated carbocycles. The summed E-state index contributed by atoms with van der Waals surface area (Å²) in [5.41, 5.74) is -0.110. The van der Waals surface area contributed by atoms with Crippen LogP contribution in [0.3, 0.4) is 0 Å². The molecular formula is C11H13NO5. The molecule has 0 aliphatic heterocycles. The molecule has 1 heterocycles. The van der Waals surface area contributed by atoms with E-state index in [1.165, 1.54) is 14.2 Å². The minimum atomic E-state index is -0.719. The molecule has 1 aromatic heterocycles. The third-order valence-electron chi connectivity index (χ3n) is 2.85. The molecule has 0 N–H and O–H groups in total. The molecule has 0 amide bonds. The molecule has 2 rings (SSSR count). The first-order valence-corrected chi connectivity index (χ1v) is 5.34. The highest BCUT2D eigenvalue weighted by atomic mass is 16.5. The monoisotopic (exact) mass is 239 g/mol. The molecule has 1 fully saturated rings. The van der Waals surface area contributed by atoms with E-state index in [4.69, 9.17) is 4.42 Å². The minimum Gasteiger partial charge on any atom is -0.464 e. The van der Waals surface area contributed by atoms with Gasteiger partial charge < -0.3 is 13.9 Å². The summed E-state index contributed by atoms with van der Waals surface area (Å²) >= 11 is 0. The fourth-order valence-corrected chi connectivity index (χ4v) is 1.63. The van der Waals surface area contributed by atoms with Crippen LogP contribution < -0.4 is 0 Å².